The maximum absolute atomic E-state index is 13.0. The quantitative estimate of drug-likeness (QED) is 0.619. The zero-order valence-corrected chi connectivity index (χ0v) is 18.7. The van der Waals surface area contributed by atoms with Crippen LogP contribution in [0.15, 0.2) is 29.8 Å². The van der Waals surface area contributed by atoms with E-state index in [2.05, 4.69) is 15.6 Å². The minimum Gasteiger partial charge on any atom is -0.376 e. The number of carbonyl (C=O) groups excluding carboxylic acids is 3. The average Bonchev–Trinajstić information content (AvgIpc) is 3.45. The van der Waals surface area contributed by atoms with E-state index < -0.39 is 0 Å². The van der Waals surface area contributed by atoms with Crippen molar-refractivity contribution in [1.29, 1.82) is 0 Å². The van der Waals surface area contributed by atoms with E-state index in [4.69, 9.17) is 4.74 Å². The van der Waals surface area contributed by atoms with E-state index in [0.717, 1.165) is 30.6 Å². The number of carbonyl (C=O) groups is 3. The number of hydrogen-bond donors (Lipinski definition) is 2. The Hall–Kier alpha value is -2.78. The summed E-state index contributed by atoms with van der Waals surface area (Å²) in [5.41, 5.74) is 2.76. The van der Waals surface area contributed by atoms with Crippen LogP contribution >= 0.6 is 11.3 Å². The van der Waals surface area contributed by atoms with Crippen molar-refractivity contribution < 1.29 is 19.1 Å². The Balaban J connectivity index is 1.62. The number of amides is 3. The van der Waals surface area contributed by atoms with Crippen molar-refractivity contribution in [3.8, 4) is 0 Å². The number of benzene rings is 1. The summed E-state index contributed by atoms with van der Waals surface area (Å²) < 4.78 is 5.53. The molecule has 0 bridgehead atoms. The molecule has 0 aliphatic carbocycles. The van der Waals surface area contributed by atoms with Crippen LogP contribution in [0.1, 0.15) is 36.8 Å². The normalized spacial score (nSPS) is 15.5. The van der Waals surface area contributed by atoms with Crippen molar-refractivity contribution in [3.05, 3.63) is 40.9 Å². The van der Waals surface area contributed by atoms with Gasteiger partial charge in [-0.2, -0.15) is 0 Å². The molecule has 1 aliphatic rings. The molecule has 2 aromatic rings. The third kappa shape index (κ3) is 6.86. The molecule has 2 heterocycles. The third-order valence-electron chi connectivity index (χ3n) is 5.20. The van der Waals surface area contributed by atoms with Gasteiger partial charge in [-0.25, -0.2) is 4.98 Å². The standard InChI is InChI=1S/C22H28N4O4S/c1-15-5-6-17(12-16(15)2)26(14-20(28)24-13-18-4-3-10-30-18)21(29)8-7-19(27)25-22-23-9-11-31-22/h5-6,9,11-12,18H,3-4,7-8,10,13-14H2,1-2H3,(H,24,28)(H,23,25,27)/t18-/m0/s1. The molecule has 0 spiro atoms. The number of hydrogen-bond acceptors (Lipinski definition) is 6. The lowest BCUT2D eigenvalue weighted by Crippen LogP contribution is -2.43. The van der Waals surface area contributed by atoms with Crippen LogP contribution < -0.4 is 15.5 Å². The number of thiazole rings is 1. The van der Waals surface area contributed by atoms with Gasteiger partial charge in [0, 0.05) is 43.3 Å². The zero-order chi connectivity index (χ0) is 22.2. The Morgan fingerprint density at radius 3 is 2.71 bits per heavy atom. The molecule has 0 unspecified atom stereocenters. The zero-order valence-electron chi connectivity index (χ0n) is 17.8. The molecule has 1 aromatic carbocycles. The highest BCUT2D eigenvalue weighted by Gasteiger charge is 2.22. The van der Waals surface area contributed by atoms with Gasteiger partial charge in [-0.1, -0.05) is 6.07 Å². The van der Waals surface area contributed by atoms with Gasteiger partial charge < -0.3 is 20.3 Å². The summed E-state index contributed by atoms with van der Waals surface area (Å²) in [5.74, 6) is -0.828. The van der Waals surface area contributed by atoms with E-state index >= 15 is 0 Å². The van der Waals surface area contributed by atoms with Gasteiger partial charge in [0.2, 0.25) is 17.7 Å². The van der Waals surface area contributed by atoms with E-state index in [1.165, 1.54) is 16.2 Å². The number of rotatable bonds is 9. The molecule has 2 N–H and O–H groups in total. The van der Waals surface area contributed by atoms with Gasteiger partial charge in [-0.3, -0.25) is 14.4 Å². The highest BCUT2D eigenvalue weighted by molar-refractivity contribution is 7.13. The van der Waals surface area contributed by atoms with E-state index in [-0.39, 0.29) is 43.2 Å². The largest absolute Gasteiger partial charge is 0.376 e. The number of nitrogens with zero attached hydrogens (tertiary/aromatic N) is 2. The van der Waals surface area contributed by atoms with Gasteiger partial charge in [0.15, 0.2) is 5.13 Å². The van der Waals surface area contributed by atoms with Crippen molar-refractivity contribution in [1.82, 2.24) is 10.3 Å². The Kier molecular flexibility index (Phi) is 8.13. The smallest absolute Gasteiger partial charge is 0.240 e. The fourth-order valence-corrected chi connectivity index (χ4v) is 3.82. The van der Waals surface area contributed by atoms with Crippen LogP contribution in [0.25, 0.3) is 0 Å². The van der Waals surface area contributed by atoms with Gasteiger partial charge in [0.05, 0.1) is 6.10 Å². The molecule has 3 rings (SSSR count). The van der Waals surface area contributed by atoms with Crippen molar-refractivity contribution >= 4 is 39.9 Å². The molecule has 1 aromatic heterocycles. The molecule has 31 heavy (non-hydrogen) atoms. The van der Waals surface area contributed by atoms with Crippen molar-refractivity contribution in [2.75, 3.05) is 29.9 Å². The second kappa shape index (κ2) is 11.0. The summed E-state index contributed by atoms with van der Waals surface area (Å²) in [4.78, 5) is 43.1. The molecule has 1 saturated heterocycles. The second-order valence-electron chi connectivity index (χ2n) is 7.57. The van der Waals surface area contributed by atoms with E-state index in [9.17, 15) is 14.4 Å². The summed E-state index contributed by atoms with van der Waals surface area (Å²) >= 11 is 1.31. The fourth-order valence-electron chi connectivity index (χ4n) is 3.27. The molecule has 1 atom stereocenters. The Morgan fingerprint density at radius 1 is 1.19 bits per heavy atom. The molecule has 1 fully saturated rings. The Bertz CT molecular complexity index is 910. The van der Waals surface area contributed by atoms with Crippen molar-refractivity contribution in [3.63, 3.8) is 0 Å². The Morgan fingerprint density at radius 2 is 2.03 bits per heavy atom. The topological polar surface area (TPSA) is 101 Å². The van der Waals surface area contributed by atoms with E-state index in [0.29, 0.717) is 17.4 Å². The van der Waals surface area contributed by atoms with Crippen LogP contribution in [-0.2, 0) is 19.1 Å². The number of ether oxygens (including phenoxy) is 1. The summed E-state index contributed by atoms with van der Waals surface area (Å²) in [6, 6.07) is 5.63. The van der Waals surface area contributed by atoms with Gasteiger partial charge in [0.25, 0.3) is 0 Å². The molecule has 166 valence electrons. The number of anilines is 2. The van der Waals surface area contributed by atoms with Gasteiger partial charge in [0.1, 0.15) is 6.54 Å². The lowest BCUT2D eigenvalue weighted by molar-refractivity contribution is -0.125. The molecular weight excluding hydrogens is 416 g/mol. The summed E-state index contributed by atoms with van der Waals surface area (Å²) in [6.07, 6.45) is 3.55. The first-order valence-corrected chi connectivity index (χ1v) is 11.3. The first kappa shape index (κ1) is 22.9. The average molecular weight is 445 g/mol. The summed E-state index contributed by atoms with van der Waals surface area (Å²) in [5, 5.41) is 7.78. The van der Waals surface area contributed by atoms with Crippen LogP contribution in [0.2, 0.25) is 0 Å². The molecular formula is C22H28N4O4S. The number of aromatic nitrogens is 1. The van der Waals surface area contributed by atoms with Gasteiger partial charge in [-0.15, -0.1) is 11.3 Å². The summed E-state index contributed by atoms with van der Waals surface area (Å²) in [7, 11) is 0. The van der Waals surface area contributed by atoms with E-state index in [1.807, 2.05) is 32.0 Å². The monoisotopic (exact) mass is 444 g/mol. The lowest BCUT2D eigenvalue weighted by atomic mass is 10.1. The predicted molar refractivity (Wildman–Crippen MR) is 120 cm³/mol. The second-order valence-corrected chi connectivity index (χ2v) is 8.47. The minimum absolute atomic E-state index is 0.0108. The molecule has 8 nitrogen and oxygen atoms in total. The van der Waals surface area contributed by atoms with Crippen LogP contribution in [-0.4, -0.2) is 48.5 Å². The molecule has 3 amide bonds. The first-order valence-electron chi connectivity index (χ1n) is 10.4. The maximum atomic E-state index is 13.0. The van der Waals surface area contributed by atoms with Crippen LogP contribution in [0, 0.1) is 13.8 Å². The summed E-state index contributed by atoms with van der Waals surface area (Å²) in [6.45, 7) is 4.99. The number of aryl methyl sites for hydroxylation is 2. The van der Waals surface area contributed by atoms with Gasteiger partial charge in [-0.05, 0) is 49.9 Å². The van der Waals surface area contributed by atoms with Crippen LogP contribution in [0.4, 0.5) is 10.8 Å². The predicted octanol–water partition coefficient (Wildman–Crippen LogP) is 2.81. The number of nitrogens with one attached hydrogen (secondary N) is 2. The maximum Gasteiger partial charge on any atom is 0.240 e. The van der Waals surface area contributed by atoms with Gasteiger partial charge >= 0.3 is 0 Å². The lowest BCUT2D eigenvalue weighted by Gasteiger charge is -2.23. The molecule has 1 aliphatic heterocycles. The molecule has 0 saturated carbocycles. The molecule has 9 heteroatoms. The van der Waals surface area contributed by atoms with Crippen molar-refractivity contribution in [2.45, 2.75) is 45.6 Å². The van der Waals surface area contributed by atoms with E-state index in [1.54, 1.807) is 11.6 Å². The third-order valence-corrected chi connectivity index (χ3v) is 5.89. The molecule has 0 radical (unpaired) electrons. The first-order chi connectivity index (χ1) is 14.9. The Labute approximate surface area is 186 Å². The fraction of sp³-hybridized carbons (Fsp3) is 0.455. The van der Waals surface area contributed by atoms with Crippen molar-refractivity contribution in [2.24, 2.45) is 0 Å². The van der Waals surface area contributed by atoms with Crippen LogP contribution in [0.3, 0.4) is 0 Å². The van der Waals surface area contributed by atoms with Crippen LogP contribution in [0.5, 0.6) is 0 Å². The minimum atomic E-state index is -0.287. The SMILES string of the molecule is Cc1ccc(N(CC(=O)NC[C@@H]2CCCO2)C(=O)CCC(=O)Nc2nccs2)cc1C. The highest BCUT2D eigenvalue weighted by Crippen LogP contribution is 2.20. The highest BCUT2D eigenvalue weighted by atomic mass is 32.1.